The van der Waals surface area contributed by atoms with Crippen molar-refractivity contribution in [2.24, 2.45) is 5.92 Å². The fourth-order valence-electron chi connectivity index (χ4n) is 4.93. The molecule has 0 bridgehead atoms. The quantitative estimate of drug-likeness (QED) is 0.0520. The van der Waals surface area contributed by atoms with Crippen molar-refractivity contribution in [3.05, 3.63) is 35.9 Å². The van der Waals surface area contributed by atoms with E-state index < -0.39 is 0 Å². The number of hydrogen-bond donors (Lipinski definition) is 1. The molecule has 1 aromatic rings. The highest BCUT2D eigenvalue weighted by Crippen LogP contribution is 2.28. The average Bonchev–Trinajstić information content (AvgIpc) is 2.96. The van der Waals surface area contributed by atoms with E-state index in [1.807, 2.05) is 12.1 Å². The molecule has 0 saturated heterocycles. The van der Waals surface area contributed by atoms with Crippen molar-refractivity contribution in [1.82, 2.24) is 5.32 Å². The Morgan fingerprint density at radius 3 is 1.88 bits per heavy atom. The largest absolute Gasteiger partial charge is 0.493 e. The van der Waals surface area contributed by atoms with Crippen molar-refractivity contribution in [2.45, 2.75) is 156 Å². The number of hydrogen-bond acceptors (Lipinski definition) is 4. The summed E-state index contributed by atoms with van der Waals surface area (Å²) in [6, 6.07) is 5.45. The normalized spacial score (nSPS) is 11.3. The molecule has 5 nitrogen and oxygen atoms in total. The molecular weight excluding hydrogens is 510 g/mol. The molecule has 0 aromatic heterocycles. The first-order chi connectivity index (χ1) is 20.0. The van der Waals surface area contributed by atoms with Gasteiger partial charge in [-0.2, -0.15) is 0 Å². The topological polar surface area (TPSA) is 64.6 Å². The lowest BCUT2D eigenvalue weighted by Gasteiger charge is -2.12. The molecule has 0 fully saturated rings. The average molecular weight is 572 g/mol. The summed E-state index contributed by atoms with van der Waals surface area (Å²) in [4.78, 5) is 24.6. The van der Waals surface area contributed by atoms with Crippen LogP contribution in [0.25, 0.3) is 0 Å². The Bertz CT molecular complexity index is 833. The molecule has 0 heterocycles. The number of nitrogens with one attached hydrogen (secondary N) is 1. The molecule has 5 heteroatoms. The fraction of sp³-hybridized carbons (Fsp3) is 0.722. The number of unbranched alkanes of at least 4 members (excludes halogenated alkanes) is 16. The molecule has 0 saturated carbocycles. The van der Waals surface area contributed by atoms with E-state index in [4.69, 9.17) is 9.47 Å². The van der Waals surface area contributed by atoms with Crippen LogP contribution < -0.4 is 14.8 Å². The van der Waals surface area contributed by atoms with Crippen LogP contribution in [0.2, 0.25) is 0 Å². The summed E-state index contributed by atoms with van der Waals surface area (Å²) in [7, 11) is 1.57. The number of allylic oxidation sites excluding steroid dienone is 2. The van der Waals surface area contributed by atoms with Crippen LogP contribution in [0.3, 0.4) is 0 Å². The second kappa shape index (κ2) is 25.4. The minimum atomic E-state index is -0.220. The Balaban J connectivity index is 2.13. The first-order valence-corrected chi connectivity index (χ1v) is 16.8. The molecule has 0 aliphatic rings. The summed E-state index contributed by atoms with van der Waals surface area (Å²) in [6.45, 7) is 7.03. The third-order valence-corrected chi connectivity index (χ3v) is 7.47. The standard InChI is InChI=1S/C36H61NO4/c1-5-6-7-8-9-10-11-12-13-14-15-16-17-18-23-26-36(39)41-33-28-27-32(29-34(33)40-4)30-37-35(38)25-22-20-19-21-24-31(2)3/h21,24,27-29,31H,5-20,22-23,25-26,30H2,1-4H3,(H,37,38). The number of ether oxygens (including phenoxy) is 2. The highest BCUT2D eigenvalue weighted by atomic mass is 16.6. The SMILES string of the molecule is CCCCCCCCCCCCCCCCCC(=O)Oc1ccc(CNC(=O)CCCCC=CC(C)C)cc1OC. The van der Waals surface area contributed by atoms with E-state index in [0.717, 1.165) is 37.7 Å². The first-order valence-electron chi connectivity index (χ1n) is 16.8. The second-order valence-corrected chi connectivity index (χ2v) is 11.9. The van der Waals surface area contributed by atoms with Gasteiger partial charge < -0.3 is 14.8 Å². The number of amides is 1. The molecule has 0 aliphatic heterocycles. The molecule has 1 N–H and O–H groups in total. The van der Waals surface area contributed by atoms with Gasteiger partial charge in [-0.1, -0.05) is 129 Å². The summed E-state index contributed by atoms with van der Waals surface area (Å²) in [5.41, 5.74) is 0.914. The molecule has 0 aliphatic carbocycles. The Kier molecular flexibility index (Phi) is 22.8. The van der Waals surface area contributed by atoms with E-state index in [1.54, 1.807) is 13.2 Å². The van der Waals surface area contributed by atoms with Crippen LogP contribution >= 0.6 is 0 Å². The lowest BCUT2D eigenvalue weighted by atomic mass is 10.0. The Hall–Kier alpha value is -2.30. The van der Waals surface area contributed by atoms with E-state index in [2.05, 4.69) is 38.2 Å². The van der Waals surface area contributed by atoms with Gasteiger partial charge in [0, 0.05) is 19.4 Å². The zero-order valence-corrected chi connectivity index (χ0v) is 26.9. The number of carbonyl (C=O) groups is 2. The highest BCUT2D eigenvalue weighted by molar-refractivity contribution is 5.76. The van der Waals surface area contributed by atoms with Crippen LogP contribution in [-0.4, -0.2) is 19.0 Å². The van der Waals surface area contributed by atoms with E-state index in [9.17, 15) is 9.59 Å². The Morgan fingerprint density at radius 1 is 0.756 bits per heavy atom. The molecule has 0 unspecified atom stereocenters. The van der Waals surface area contributed by atoms with Gasteiger partial charge in [0.25, 0.3) is 0 Å². The molecular formula is C36H61NO4. The fourth-order valence-corrected chi connectivity index (χ4v) is 4.93. The lowest BCUT2D eigenvalue weighted by molar-refractivity contribution is -0.134. The maximum absolute atomic E-state index is 12.4. The van der Waals surface area contributed by atoms with Gasteiger partial charge in [-0.3, -0.25) is 9.59 Å². The third kappa shape index (κ3) is 21.1. The minimum Gasteiger partial charge on any atom is -0.493 e. The summed E-state index contributed by atoms with van der Waals surface area (Å²) in [5, 5.41) is 2.97. The van der Waals surface area contributed by atoms with E-state index >= 15 is 0 Å². The Morgan fingerprint density at radius 2 is 1.32 bits per heavy atom. The second-order valence-electron chi connectivity index (χ2n) is 11.9. The first kappa shape index (κ1) is 36.7. The van der Waals surface area contributed by atoms with Crippen LogP contribution in [0.4, 0.5) is 0 Å². The van der Waals surface area contributed by atoms with Gasteiger partial charge in [-0.25, -0.2) is 0 Å². The van der Waals surface area contributed by atoms with E-state index in [0.29, 0.717) is 36.8 Å². The van der Waals surface area contributed by atoms with Gasteiger partial charge in [0.15, 0.2) is 11.5 Å². The molecule has 0 atom stereocenters. The molecule has 234 valence electrons. The number of methoxy groups -OCH3 is 1. The predicted molar refractivity (Wildman–Crippen MR) is 172 cm³/mol. The molecule has 0 radical (unpaired) electrons. The van der Waals surface area contributed by atoms with Gasteiger partial charge in [0.05, 0.1) is 7.11 Å². The van der Waals surface area contributed by atoms with Crippen LogP contribution in [0.1, 0.15) is 155 Å². The number of rotatable bonds is 26. The third-order valence-electron chi connectivity index (χ3n) is 7.47. The monoisotopic (exact) mass is 571 g/mol. The summed E-state index contributed by atoms with van der Waals surface area (Å²) in [5.74, 6) is 1.35. The highest BCUT2D eigenvalue weighted by Gasteiger charge is 2.11. The van der Waals surface area contributed by atoms with Crippen LogP contribution in [-0.2, 0) is 16.1 Å². The van der Waals surface area contributed by atoms with Crippen molar-refractivity contribution in [1.29, 1.82) is 0 Å². The summed E-state index contributed by atoms with van der Waals surface area (Å²) in [6.07, 6.45) is 27.8. The smallest absolute Gasteiger partial charge is 0.311 e. The Labute approximate surface area is 252 Å². The van der Waals surface area contributed by atoms with Crippen molar-refractivity contribution in [2.75, 3.05) is 7.11 Å². The molecule has 41 heavy (non-hydrogen) atoms. The summed E-state index contributed by atoms with van der Waals surface area (Å²) < 4.78 is 11.0. The molecule has 1 aromatic carbocycles. The van der Waals surface area contributed by atoms with Gasteiger partial charge in [0.2, 0.25) is 5.91 Å². The zero-order chi connectivity index (χ0) is 30.0. The van der Waals surface area contributed by atoms with Crippen molar-refractivity contribution < 1.29 is 19.1 Å². The molecule has 1 amide bonds. The van der Waals surface area contributed by atoms with Crippen molar-refractivity contribution in [3.63, 3.8) is 0 Å². The predicted octanol–water partition coefficient (Wildman–Crippen LogP) is 10.3. The van der Waals surface area contributed by atoms with Crippen LogP contribution in [0, 0.1) is 5.92 Å². The van der Waals surface area contributed by atoms with Crippen molar-refractivity contribution >= 4 is 11.9 Å². The van der Waals surface area contributed by atoms with Crippen LogP contribution in [0.5, 0.6) is 11.5 Å². The number of carbonyl (C=O) groups excluding carboxylic acids is 2. The molecule has 0 spiro atoms. The van der Waals surface area contributed by atoms with E-state index in [1.165, 1.54) is 83.5 Å². The summed E-state index contributed by atoms with van der Waals surface area (Å²) >= 11 is 0. The number of benzene rings is 1. The van der Waals surface area contributed by atoms with Crippen LogP contribution in [0.15, 0.2) is 30.4 Å². The maximum atomic E-state index is 12.4. The molecule has 1 rings (SSSR count). The van der Waals surface area contributed by atoms with Gasteiger partial charge in [-0.05, 0) is 49.3 Å². The zero-order valence-electron chi connectivity index (χ0n) is 26.9. The minimum absolute atomic E-state index is 0.0517. The lowest BCUT2D eigenvalue weighted by Crippen LogP contribution is -2.22. The van der Waals surface area contributed by atoms with Gasteiger partial charge in [-0.15, -0.1) is 0 Å². The van der Waals surface area contributed by atoms with Gasteiger partial charge in [0.1, 0.15) is 0 Å². The maximum Gasteiger partial charge on any atom is 0.311 e. The van der Waals surface area contributed by atoms with Crippen molar-refractivity contribution in [3.8, 4) is 11.5 Å². The van der Waals surface area contributed by atoms with E-state index in [-0.39, 0.29) is 11.9 Å². The number of esters is 1. The van der Waals surface area contributed by atoms with Gasteiger partial charge >= 0.3 is 5.97 Å².